The highest BCUT2D eigenvalue weighted by atomic mass is 32.2. The first kappa shape index (κ1) is 18.2. The standard InChI is InChI=1S/C18H27N3O3S/c1-14-7-8-17(19-25(2,23)24)16(13-14)18(22)21-11-9-20(10-12-21)15-5-3-4-6-15/h7-8,13,15,19H,3-6,9-12H2,1-2H3. The molecule has 0 bridgehead atoms. The largest absolute Gasteiger partial charge is 0.336 e. The molecule has 1 saturated carbocycles. The molecule has 1 aromatic rings. The number of anilines is 1. The molecule has 3 rings (SSSR count). The summed E-state index contributed by atoms with van der Waals surface area (Å²) in [6.07, 6.45) is 6.27. The van der Waals surface area contributed by atoms with E-state index in [4.69, 9.17) is 0 Å². The molecule has 2 aliphatic rings. The van der Waals surface area contributed by atoms with Gasteiger partial charge in [0.1, 0.15) is 0 Å². The molecule has 1 amide bonds. The van der Waals surface area contributed by atoms with Gasteiger partial charge in [-0.25, -0.2) is 8.42 Å². The Morgan fingerprint density at radius 2 is 1.76 bits per heavy atom. The van der Waals surface area contributed by atoms with Crippen LogP contribution in [0.25, 0.3) is 0 Å². The lowest BCUT2D eigenvalue weighted by atomic mass is 10.1. The van der Waals surface area contributed by atoms with Gasteiger partial charge in [0, 0.05) is 32.2 Å². The predicted octanol–water partition coefficient (Wildman–Crippen LogP) is 2.07. The minimum atomic E-state index is -3.43. The van der Waals surface area contributed by atoms with E-state index >= 15 is 0 Å². The summed E-state index contributed by atoms with van der Waals surface area (Å²) in [6, 6.07) is 5.92. The third-order valence-electron chi connectivity index (χ3n) is 5.14. The van der Waals surface area contributed by atoms with Gasteiger partial charge in [-0.15, -0.1) is 0 Å². The number of carbonyl (C=O) groups is 1. The molecule has 1 heterocycles. The second-order valence-electron chi connectivity index (χ2n) is 7.19. The summed E-state index contributed by atoms with van der Waals surface area (Å²) < 4.78 is 25.6. The molecule has 0 atom stereocenters. The summed E-state index contributed by atoms with van der Waals surface area (Å²) in [6.45, 7) is 5.09. The van der Waals surface area contributed by atoms with Crippen molar-refractivity contribution in [1.29, 1.82) is 0 Å². The summed E-state index contributed by atoms with van der Waals surface area (Å²) >= 11 is 0. The maximum absolute atomic E-state index is 13.0. The SMILES string of the molecule is Cc1ccc(NS(C)(=O)=O)c(C(=O)N2CCN(C3CCCC3)CC2)c1. The molecule has 138 valence electrons. The van der Waals surface area contributed by atoms with Gasteiger partial charge in [-0.05, 0) is 31.9 Å². The molecule has 7 heteroatoms. The number of piperazine rings is 1. The number of aryl methyl sites for hydroxylation is 1. The van der Waals surface area contributed by atoms with Crippen molar-refractivity contribution >= 4 is 21.6 Å². The van der Waals surface area contributed by atoms with Gasteiger partial charge in [-0.2, -0.15) is 0 Å². The smallest absolute Gasteiger partial charge is 0.256 e. The molecular formula is C18H27N3O3S. The molecule has 6 nitrogen and oxygen atoms in total. The van der Waals surface area contributed by atoms with Crippen LogP contribution in [0.15, 0.2) is 18.2 Å². The van der Waals surface area contributed by atoms with E-state index in [9.17, 15) is 13.2 Å². The van der Waals surface area contributed by atoms with Gasteiger partial charge in [0.25, 0.3) is 5.91 Å². The van der Waals surface area contributed by atoms with Crippen LogP contribution in [-0.4, -0.2) is 62.6 Å². The Hall–Kier alpha value is -1.60. The van der Waals surface area contributed by atoms with E-state index in [0.29, 0.717) is 30.4 Å². The average molecular weight is 365 g/mol. The Morgan fingerprint density at radius 1 is 1.12 bits per heavy atom. The van der Waals surface area contributed by atoms with E-state index in [-0.39, 0.29) is 5.91 Å². The fraction of sp³-hybridized carbons (Fsp3) is 0.611. The topological polar surface area (TPSA) is 69.7 Å². The first-order valence-corrected chi connectivity index (χ1v) is 10.8. The quantitative estimate of drug-likeness (QED) is 0.887. The Bertz CT molecular complexity index is 734. The summed E-state index contributed by atoms with van der Waals surface area (Å²) in [4.78, 5) is 17.3. The molecule has 0 spiro atoms. The number of hydrogen-bond acceptors (Lipinski definition) is 4. The average Bonchev–Trinajstić information content (AvgIpc) is 3.09. The maximum Gasteiger partial charge on any atom is 0.256 e. The van der Waals surface area contributed by atoms with Gasteiger partial charge in [-0.3, -0.25) is 14.4 Å². The van der Waals surface area contributed by atoms with Crippen LogP contribution in [-0.2, 0) is 10.0 Å². The van der Waals surface area contributed by atoms with Crippen LogP contribution in [0.3, 0.4) is 0 Å². The van der Waals surface area contributed by atoms with Crippen molar-refractivity contribution in [2.24, 2.45) is 0 Å². The van der Waals surface area contributed by atoms with E-state index in [1.165, 1.54) is 25.7 Å². The fourth-order valence-corrected chi connectivity index (χ4v) is 4.43. The van der Waals surface area contributed by atoms with Crippen molar-refractivity contribution in [1.82, 2.24) is 9.80 Å². The lowest BCUT2D eigenvalue weighted by Crippen LogP contribution is -2.51. The number of hydrogen-bond donors (Lipinski definition) is 1. The van der Waals surface area contributed by atoms with E-state index < -0.39 is 10.0 Å². The zero-order chi connectivity index (χ0) is 18.0. The number of sulfonamides is 1. The van der Waals surface area contributed by atoms with Crippen molar-refractivity contribution < 1.29 is 13.2 Å². The number of carbonyl (C=O) groups excluding carboxylic acids is 1. The Morgan fingerprint density at radius 3 is 2.36 bits per heavy atom. The van der Waals surface area contributed by atoms with Gasteiger partial charge in [0.05, 0.1) is 17.5 Å². The number of nitrogens with one attached hydrogen (secondary N) is 1. The number of amides is 1. The summed E-state index contributed by atoms with van der Waals surface area (Å²) in [5, 5.41) is 0. The zero-order valence-electron chi connectivity index (χ0n) is 15.0. The third-order valence-corrected chi connectivity index (χ3v) is 5.73. The molecule has 1 aromatic carbocycles. The molecule has 0 radical (unpaired) electrons. The Balaban J connectivity index is 1.72. The lowest BCUT2D eigenvalue weighted by Gasteiger charge is -2.38. The molecule has 2 fully saturated rings. The van der Waals surface area contributed by atoms with Crippen LogP contribution in [0.4, 0.5) is 5.69 Å². The molecule has 1 aliphatic heterocycles. The number of nitrogens with zero attached hydrogens (tertiary/aromatic N) is 2. The summed E-state index contributed by atoms with van der Waals surface area (Å²) in [5.41, 5.74) is 1.73. The fourth-order valence-electron chi connectivity index (χ4n) is 3.85. The highest BCUT2D eigenvalue weighted by Crippen LogP contribution is 2.25. The second-order valence-corrected chi connectivity index (χ2v) is 8.94. The van der Waals surface area contributed by atoms with Gasteiger partial charge < -0.3 is 4.90 Å². The van der Waals surface area contributed by atoms with Crippen molar-refractivity contribution in [3.05, 3.63) is 29.3 Å². The maximum atomic E-state index is 13.0. The highest BCUT2D eigenvalue weighted by molar-refractivity contribution is 7.92. The monoisotopic (exact) mass is 365 g/mol. The minimum Gasteiger partial charge on any atom is -0.336 e. The van der Waals surface area contributed by atoms with E-state index in [1.54, 1.807) is 12.1 Å². The van der Waals surface area contributed by atoms with E-state index in [2.05, 4.69) is 9.62 Å². The lowest BCUT2D eigenvalue weighted by molar-refractivity contribution is 0.0574. The van der Waals surface area contributed by atoms with Crippen LogP contribution in [0.2, 0.25) is 0 Å². The van der Waals surface area contributed by atoms with Crippen molar-refractivity contribution in [2.45, 2.75) is 38.6 Å². The molecular weight excluding hydrogens is 338 g/mol. The van der Waals surface area contributed by atoms with Gasteiger partial charge in [0.15, 0.2) is 0 Å². The van der Waals surface area contributed by atoms with Gasteiger partial charge >= 0.3 is 0 Å². The van der Waals surface area contributed by atoms with E-state index in [1.807, 2.05) is 17.9 Å². The second kappa shape index (κ2) is 7.33. The van der Waals surface area contributed by atoms with Crippen molar-refractivity contribution in [3.63, 3.8) is 0 Å². The first-order valence-electron chi connectivity index (χ1n) is 8.95. The number of benzene rings is 1. The Labute approximate surface area is 150 Å². The molecule has 1 aliphatic carbocycles. The van der Waals surface area contributed by atoms with Crippen molar-refractivity contribution in [3.8, 4) is 0 Å². The molecule has 0 aromatic heterocycles. The van der Waals surface area contributed by atoms with Gasteiger partial charge in [-0.1, -0.05) is 24.5 Å². The van der Waals surface area contributed by atoms with Crippen LogP contribution in [0, 0.1) is 6.92 Å². The highest BCUT2D eigenvalue weighted by Gasteiger charge is 2.29. The molecule has 1 saturated heterocycles. The van der Waals surface area contributed by atoms with Crippen molar-refractivity contribution in [2.75, 3.05) is 37.2 Å². The summed E-state index contributed by atoms with van der Waals surface area (Å²) in [7, 11) is -3.43. The predicted molar refractivity (Wildman–Crippen MR) is 99.4 cm³/mol. The third kappa shape index (κ3) is 4.52. The molecule has 25 heavy (non-hydrogen) atoms. The van der Waals surface area contributed by atoms with Crippen LogP contribution in [0.5, 0.6) is 0 Å². The Kier molecular flexibility index (Phi) is 5.34. The minimum absolute atomic E-state index is 0.0964. The van der Waals surface area contributed by atoms with Gasteiger partial charge in [0.2, 0.25) is 10.0 Å². The normalized spacial score (nSPS) is 20.0. The molecule has 0 unspecified atom stereocenters. The van der Waals surface area contributed by atoms with Crippen LogP contribution in [0.1, 0.15) is 41.6 Å². The molecule has 1 N–H and O–H groups in total. The van der Waals surface area contributed by atoms with Crippen LogP contribution >= 0.6 is 0 Å². The zero-order valence-corrected chi connectivity index (χ0v) is 15.8. The van der Waals surface area contributed by atoms with Crippen LogP contribution < -0.4 is 4.72 Å². The van der Waals surface area contributed by atoms with E-state index in [0.717, 1.165) is 24.9 Å². The summed E-state index contributed by atoms with van der Waals surface area (Å²) in [5.74, 6) is -0.0964. The first-order chi connectivity index (χ1) is 11.8. The number of rotatable bonds is 4.